The molecule has 0 aromatic carbocycles. The Balaban J connectivity index is 2.43. The number of hydrogen-bond donors (Lipinski definition) is 1. The van der Waals surface area contributed by atoms with Crippen molar-refractivity contribution in [3.63, 3.8) is 0 Å². The molecule has 0 aromatic heterocycles. The summed E-state index contributed by atoms with van der Waals surface area (Å²) in [7, 11) is 0. The minimum Gasteiger partial charge on any atom is -0.463 e. The molecule has 0 amide bonds. The van der Waals surface area contributed by atoms with Crippen LogP contribution in [0, 0.1) is 11.8 Å². The SMILES string of the molecule is CCOC(=O)/C=C/C1CCCCC1CO. The Labute approximate surface area is 91.1 Å². The summed E-state index contributed by atoms with van der Waals surface area (Å²) < 4.78 is 4.81. The lowest BCUT2D eigenvalue weighted by Crippen LogP contribution is -2.21. The van der Waals surface area contributed by atoms with E-state index >= 15 is 0 Å². The van der Waals surface area contributed by atoms with Crippen LogP contribution in [0.5, 0.6) is 0 Å². The van der Waals surface area contributed by atoms with Gasteiger partial charge in [0.25, 0.3) is 0 Å². The van der Waals surface area contributed by atoms with Crippen LogP contribution in [0.25, 0.3) is 0 Å². The molecule has 86 valence electrons. The van der Waals surface area contributed by atoms with E-state index in [0.717, 1.165) is 12.8 Å². The van der Waals surface area contributed by atoms with Gasteiger partial charge in [0.2, 0.25) is 0 Å². The standard InChI is InChI=1S/C12H20O3/c1-2-15-12(14)8-7-10-5-3-4-6-11(10)9-13/h7-8,10-11,13H,2-6,9H2,1H3/b8-7+. The van der Waals surface area contributed by atoms with E-state index in [0.29, 0.717) is 18.4 Å². The van der Waals surface area contributed by atoms with Gasteiger partial charge < -0.3 is 9.84 Å². The molecule has 1 N–H and O–H groups in total. The number of allylic oxidation sites excluding steroid dienone is 1. The molecule has 1 rings (SSSR count). The van der Waals surface area contributed by atoms with E-state index in [4.69, 9.17) is 4.74 Å². The van der Waals surface area contributed by atoms with Crippen molar-refractivity contribution in [3.8, 4) is 0 Å². The molecule has 0 aromatic rings. The zero-order valence-corrected chi connectivity index (χ0v) is 9.32. The van der Waals surface area contributed by atoms with Crippen LogP contribution in [0.3, 0.4) is 0 Å². The average Bonchev–Trinajstić information content (AvgIpc) is 2.27. The lowest BCUT2D eigenvalue weighted by atomic mass is 9.79. The Morgan fingerprint density at radius 3 is 2.87 bits per heavy atom. The second-order valence-electron chi connectivity index (χ2n) is 4.00. The van der Waals surface area contributed by atoms with Gasteiger partial charge in [0.1, 0.15) is 0 Å². The van der Waals surface area contributed by atoms with E-state index in [9.17, 15) is 9.90 Å². The molecule has 3 nitrogen and oxygen atoms in total. The highest BCUT2D eigenvalue weighted by atomic mass is 16.5. The molecule has 15 heavy (non-hydrogen) atoms. The predicted molar refractivity (Wildman–Crippen MR) is 58.3 cm³/mol. The molecule has 0 spiro atoms. The summed E-state index contributed by atoms with van der Waals surface area (Å²) in [6.45, 7) is 2.43. The van der Waals surface area contributed by atoms with Crippen molar-refractivity contribution in [2.24, 2.45) is 11.8 Å². The Morgan fingerprint density at radius 1 is 1.47 bits per heavy atom. The van der Waals surface area contributed by atoms with Gasteiger partial charge in [-0.25, -0.2) is 4.79 Å². The highest BCUT2D eigenvalue weighted by molar-refractivity contribution is 5.81. The number of rotatable bonds is 4. The average molecular weight is 212 g/mol. The monoisotopic (exact) mass is 212 g/mol. The van der Waals surface area contributed by atoms with E-state index in [1.54, 1.807) is 6.92 Å². The molecule has 1 fully saturated rings. The zero-order valence-electron chi connectivity index (χ0n) is 9.32. The number of aliphatic hydroxyl groups is 1. The second kappa shape index (κ2) is 6.62. The van der Waals surface area contributed by atoms with Gasteiger partial charge in [-0.15, -0.1) is 0 Å². The number of esters is 1. The van der Waals surface area contributed by atoms with Crippen molar-refractivity contribution in [2.75, 3.05) is 13.2 Å². The van der Waals surface area contributed by atoms with Crippen molar-refractivity contribution in [1.29, 1.82) is 0 Å². The first-order chi connectivity index (χ1) is 7.27. The molecular formula is C12H20O3. The highest BCUT2D eigenvalue weighted by Crippen LogP contribution is 2.30. The van der Waals surface area contributed by atoms with Gasteiger partial charge >= 0.3 is 5.97 Å². The van der Waals surface area contributed by atoms with Gasteiger partial charge in [-0.3, -0.25) is 0 Å². The molecule has 2 unspecified atom stereocenters. The van der Waals surface area contributed by atoms with Gasteiger partial charge in [-0.1, -0.05) is 18.9 Å². The lowest BCUT2D eigenvalue weighted by molar-refractivity contribution is -0.137. The number of hydrogen-bond acceptors (Lipinski definition) is 3. The predicted octanol–water partition coefficient (Wildman–Crippen LogP) is 1.90. The van der Waals surface area contributed by atoms with Crippen LogP contribution >= 0.6 is 0 Å². The maximum absolute atomic E-state index is 11.1. The fourth-order valence-electron chi connectivity index (χ4n) is 2.11. The zero-order chi connectivity index (χ0) is 11.1. The maximum Gasteiger partial charge on any atom is 0.330 e. The van der Waals surface area contributed by atoms with E-state index in [1.165, 1.54) is 18.9 Å². The number of carbonyl (C=O) groups is 1. The van der Waals surface area contributed by atoms with Gasteiger partial charge in [0, 0.05) is 12.7 Å². The van der Waals surface area contributed by atoms with E-state index < -0.39 is 0 Å². The fraction of sp³-hybridized carbons (Fsp3) is 0.750. The number of ether oxygens (including phenoxy) is 1. The van der Waals surface area contributed by atoms with Crippen LogP contribution in [-0.4, -0.2) is 24.3 Å². The first-order valence-corrected chi connectivity index (χ1v) is 5.73. The summed E-state index contributed by atoms with van der Waals surface area (Å²) in [5.74, 6) is 0.386. The van der Waals surface area contributed by atoms with E-state index in [-0.39, 0.29) is 12.6 Å². The largest absolute Gasteiger partial charge is 0.463 e. The summed E-state index contributed by atoms with van der Waals surface area (Å²) in [5.41, 5.74) is 0. The fourth-order valence-corrected chi connectivity index (χ4v) is 2.11. The molecule has 0 radical (unpaired) electrons. The normalized spacial score (nSPS) is 26.8. The number of aliphatic hydroxyl groups excluding tert-OH is 1. The molecule has 0 bridgehead atoms. The van der Waals surface area contributed by atoms with Gasteiger partial charge in [-0.05, 0) is 31.6 Å². The van der Waals surface area contributed by atoms with E-state index in [2.05, 4.69) is 0 Å². The van der Waals surface area contributed by atoms with Crippen LogP contribution in [-0.2, 0) is 9.53 Å². The molecule has 0 saturated heterocycles. The van der Waals surface area contributed by atoms with Crippen LogP contribution in [0.4, 0.5) is 0 Å². The van der Waals surface area contributed by atoms with Gasteiger partial charge in [0.05, 0.1) is 6.61 Å². The second-order valence-corrected chi connectivity index (χ2v) is 4.00. The smallest absolute Gasteiger partial charge is 0.330 e. The van der Waals surface area contributed by atoms with Crippen molar-refractivity contribution in [3.05, 3.63) is 12.2 Å². The number of carbonyl (C=O) groups excluding carboxylic acids is 1. The Kier molecular flexibility index (Phi) is 5.40. The molecule has 1 aliphatic carbocycles. The topological polar surface area (TPSA) is 46.5 Å². The first kappa shape index (κ1) is 12.2. The Bertz CT molecular complexity index is 223. The van der Waals surface area contributed by atoms with Crippen molar-refractivity contribution in [2.45, 2.75) is 32.6 Å². The Hall–Kier alpha value is -0.830. The summed E-state index contributed by atoms with van der Waals surface area (Å²) in [6, 6.07) is 0. The molecule has 0 heterocycles. The molecule has 1 aliphatic rings. The van der Waals surface area contributed by atoms with Crippen LogP contribution in [0.1, 0.15) is 32.6 Å². The van der Waals surface area contributed by atoms with Gasteiger partial charge in [-0.2, -0.15) is 0 Å². The summed E-state index contributed by atoms with van der Waals surface area (Å²) >= 11 is 0. The van der Waals surface area contributed by atoms with Gasteiger partial charge in [0.15, 0.2) is 0 Å². The lowest BCUT2D eigenvalue weighted by Gasteiger charge is -2.27. The molecule has 2 atom stereocenters. The first-order valence-electron chi connectivity index (χ1n) is 5.73. The van der Waals surface area contributed by atoms with E-state index in [1.807, 2.05) is 6.08 Å². The van der Waals surface area contributed by atoms with Crippen molar-refractivity contribution >= 4 is 5.97 Å². The minimum absolute atomic E-state index is 0.220. The minimum atomic E-state index is -0.278. The molecule has 0 aliphatic heterocycles. The molecule has 1 saturated carbocycles. The summed E-state index contributed by atoms with van der Waals surface area (Å²) in [6.07, 6.45) is 7.92. The van der Waals surface area contributed by atoms with Crippen LogP contribution in [0.2, 0.25) is 0 Å². The maximum atomic E-state index is 11.1. The molecule has 3 heteroatoms. The van der Waals surface area contributed by atoms with Crippen LogP contribution in [0.15, 0.2) is 12.2 Å². The third-order valence-corrected chi connectivity index (χ3v) is 2.97. The third kappa shape index (κ3) is 4.04. The molecular weight excluding hydrogens is 192 g/mol. The summed E-state index contributed by atoms with van der Waals surface area (Å²) in [5, 5.41) is 9.18. The summed E-state index contributed by atoms with van der Waals surface area (Å²) in [4.78, 5) is 11.1. The Morgan fingerprint density at radius 2 is 2.20 bits per heavy atom. The van der Waals surface area contributed by atoms with Crippen molar-refractivity contribution < 1.29 is 14.6 Å². The van der Waals surface area contributed by atoms with Crippen LogP contribution < -0.4 is 0 Å². The third-order valence-electron chi connectivity index (χ3n) is 2.97. The highest BCUT2D eigenvalue weighted by Gasteiger charge is 2.22. The van der Waals surface area contributed by atoms with Crippen molar-refractivity contribution in [1.82, 2.24) is 0 Å². The quantitative estimate of drug-likeness (QED) is 0.572.